The molecule has 6 heteroatoms. The fourth-order valence-electron chi connectivity index (χ4n) is 1.99. The van der Waals surface area contributed by atoms with Crippen LogP contribution in [0.15, 0.2) is 18.4 Å². The number of halogens is 3. The first-order valence-electron chi connectivity index (χ1n) is 5.39. The van der Waals surface area contributed by atoms with Crippen LogP contribution in [0.4, 0.5) is 12.9 Å². The molecule has 1 aromatic rings. The molecule has 0 N–H and O–H groups in total. The van der Waals surface area contributed by atoms with Crippen LogP contribution in [0.5, 0.6) is 0 Å². The Bertz CT molecular complexity index is 409. The molecule has 0 amide bonds. The maximum absolute atomic E-state index is 12.4. The van der Waals surface area contributed by atoms with Crippen molar-refractivity contribution in [3.05, 3.63) is 29.8 Å². The molecule has 16 heavy (non-hydrogen) atoms. The minimum Gasteiger partial charge on any atom is -0.445 e. The van der Waals surface area contributed by atoms with E-state index in [0.717, 1.165) is 37.1 Å². The highest BCUT2D eigenvalue weighted by molar-refractivity contribution is 6.66. The van der Waals surface area contributed by atoms with E-state index in [-0.39, 0.29) is 6.54 Å². The topological polar surface area (TPSA) is 17.8 Å². The zero-order valence-corrected chi connectivity index (χ0v) is 8.93. The van der Waals surface area contributed by atoms with E-state index in [1.165, 1.54) is 6.33 Å². The van der Waals surface area contributed by atoms with Gasteiger partial charge in [-0.2, -0.15) is 0 Å². The second kappa shape index (κ2) is 3.99. The van der Waals surface area contributed by atoms with Crippen molar-refractivity contribution in [1.82, 2.24) is 9.55 Å². The summed E-state index contributed by atoms with van der Waals surface area (Å²) in [6.45, 7) is -2.01. The predicted octanol–water partition coefficient (Wildman–Crippen LogP) is 2.70. The third kappa shape index (κ3) is 2.15. The number of hydrogen-bond donors (Lipinski definition) is 0. The van der Waals surface area contributed by atoms with Gasteiger partial charge in [0.2, 0.25) is 0 Å². The van der Waals surface area contributed by atoms with E-state index < -0.39 is 12.4 Å². The molecular formula is C10H13BF3N2-. The summed E-state index contributed by atoms with van der Waals surface area (Å²) in [6.07, 6.45) is 5.32. The minimum absolute atomic E-state index is 0.175. The van der Waals surface area contributed by atoms with Crippen LogP contribution in [0.2, 0.25) is 0 Å². The lowest BCUT2D eigenvalue weighted by Crippen LogP contribution is -2.23. The van der Waals surface area contributed by atoms with Crippen LogP contribution in [0, 0.1) is 0 Å². The smallest absolute Gasteiger partial charge is 0.445 e. The van der Waals surface area contributed by atoms with Gasteiger partial charge in [-0.15, -0.1) is 12.1 Å². The maximum atomic E-state index is 12.4. The number of imidazole rings is 1. The van der Waals surface area contributed by atoms with E-state index in [4.69, 9.17) is 0 Å². The van der Waals surface area contributed by atoms with Gasteiger partial charge in [-0.3, -0.25) is 0 Å². The van der Waals surface area contributed by atoms with Gasteiger partial charge in [0.05, 0.1) is 12.0 Å². The Morgan fingerprint density at radius 2 is 2.06 bits per heavy atom. The lowest BCUT2D eigenvalue weighted by Gasteiger charge is -2.20. The molecule has 0 spiro atoms. The largest absolute Gasteiger partial charge is 0.506 e. The fourth-order valence-corrected chi connectivity index (χ4v) is 1.99. The second-order valence-corrected chi connectivity index (χ2v) is 4.21. The van der Waals surface area contributed by atoms with E-state index in [1.807, 2.05) is 0 Å². The van der Waals surface area contributed by atoms with Gasteiger partial charge in [0.1, 0.15) is 0 Å². The molecule has 1 heterocycles. The minimum atomic E-state index is -4.94. The van der Waals surface area contributed by atoms with Crippen LogP contribution in [0.25, 0.3) is 0 Å². The molecule has 0 atom stereocenters. The molecule has 0 saturated heterocycles. The number of fused-ring (bicyclic) bond motifs is 1. The van der Waals surface area contributed by atoms with Crippen LogP contribution in [0.1, 0.15) is 24.2 Å². The van der Waals surface area contributed by atoms with Crippen molar-refractivity contribution in [2.75, 3.05) is 0 Å². The van der Waals surface area contributed by atoms with Crippen molar-refractivity contribution in [2.45, 2.75) is 32.2 Å². The van der Waals surface area contributed by atoms with Gasteiger partial charge in [-0.25, -0.2) is 4.98 Å². The van der Waals surface area contributed by atoms with Crippen molar-refractivity contribution < 1.29 is 12.9 Å². The van der Waals surface area contributed by atoms with Gasteiger partial charge in [-0.1, -0.05) is 0 Å². The summed E-state index contributed by atoms with van der Waals surface area (Å²) in [5.74, 6) is 0. The van der Waals surface area contributed by atoms with E-state index in [1.54, 1.807) is 4.57 Å². The van der Waals surface area contributed by atoms with Gasteiger partial charge >= 0.3 is 6.98 Å². The second-order valence-electron chi connectivity index (χ2n) is 4.21. The number of aromatic nitrogens is 2. The van der Waals surface area contributed by atoms with Crippen LogP contribution >= 0.6 is 0 Å². The quantitative estimate of drug-likeness (QED) is 0.728. The highest BCUT2D eigenvalue weighted by Crippen LogP contribution is 2.24. The number of rotatable bonds is 3. The molecule has 0 unspecified atom stereocenters. The van der Waals surface area contributed by atoms with Gasteiger partial charge < -0.3 is 17.5 Å². The Labute approximate surface area is 92.2 Å². The zero-order chi connectivity index (χ0) is 11.8. The summed E-state index contributed by atoms with van der Waals surface area (Å²) in [5, 5.41) is 0. The molecule has 0 saturated carbocycles. The molecule has 0 aromatic carbocycles. The summed E-state index contributed by atoms with van der Waals surface area (Å²) < 4.78 is 38.8. The molecule has 0 fully saturated rings. The molecule has 1 aliphatic rings. The Morgan fingerprint density at radius 1 is 1.38 bits per heavy atom. The first-order valence-corrected chi connectivity index (χ1v) is 5.39. The molecule has 2 nitrogen and oxygen atoms in total. The standard InChI is InChI=1S/C10H13BF3N2/c1-8(11(12,13)14)6-16-7-15-9-4-2-3-5-10(9)16/h7H,1-6H2/q-1. The maximum Gasteiger partial charge on any atom is 0.506 e. The number of hydrogen-bond acceptors (Lipinski definition) is 1. The van der Waals surface area contributed by atoms with Gasteiger partial charge in [-0.05, 0) is 25.7 Å². The first kappa shape index (κ1) is 11.3. The fraction of sp³-hybridized carbons (Fsp3) is 0.500. The lowest BCUT2D eigenvalue weighted by atomic mass is 9.80. The molecule has 1 aromatic heterocycles. The van der Waals surface area contributed by atoms with E-state index in [2.05, 4.69) is 11.6 Å². The molecule has 0 bridgehead atoms. The van der Waals surface area contributed by atoms with Crippen molar-refractivity contribution >= 4 is 6.98 Å². The van der Waals surface area contributed by atoms with E-state index in [0.29, 0.717) is 0 Å². The van der Waals surface area contributed by atoms with Crippen LogP contribution in [-0.2, 0) is 19.4 Å². The van der Waals surface area contributed by atoms with Crippen molar-refractivity contribution in [1.29, 1.82) is 0 Å². The molecular weight excluding hydrogens is 216 g/mol. The third-order valence-corrected chi connectivity index (χ3v) is 2.95. The highest BCUT2D eigenvalue weighted by Gasteiger charge is 2.27. The summed E-state index contributed by atoms with van der Waals surface area (Å²) in [6, 6.07) is 0. The summed E-state index contributed by atoms with van der Waals surface area (Å²) in [4.78, 5) is 4.15. The number of nitrogens with zero attached hydrogens (tertiary/aromatic N) is 2. The zero-order valence-electron chi connectivity index (χ0n) is 8.93. The van der Waals surface area contributed by atoms with Crippen LogP contribution in [0.3, 0.4) is 0 Å². The average molecular weight is 229 g/mol. The predicted molar refractivity (Wildman–Crippen MR) is 57.1 cm³/mol. The molecule has 0 aliphatic heterocycles. The van der Waals surface area contributed by atoms with Crippen LogP contribution < -0.4 is 0 Å². The Morgan fingerprint density at radius 3 is 2.75 bits per heavy atom. The summed E-state index contributed by atoms with van der Waals surface area (Å²) in [7, 11) is 0. The molecule has 1 aliphatic carbocycles. The van der Waals surface area contributed by atoms with Crippen molar-refractivity contribution in [3.8, 4) is 0 Å². The third-order valence-electron chi connectivity index (χ3n) is 2.95. The number of aryl methyl sites for hydroxylation is 1. The van der Waals surface area contributed by atoms with Gasteiger partial charge in [0.25, 0.3) is 0 Å². The Hall–Kier alpha value is -1.20. The molecule has 0 radical (unpaired) electrons. The summed E-state index contributed by atoms with van der Waals surface area (Å²) >= 11 is 0. The monoisotopic (exact) mass is 229 g/mol. The highest BCUT2D eigenvalue weighted by atomic mass is 19.4. The number of allylic oxidation sites excluding steroid dienone is 1. The lowest BCUT2D eigenvalue weighted by molar-refractivity contribution is 0.481. The van der Waals surface area contributed by atoms with Gasteiger partial charge in [0, 0.05) is 12.2 Å². The molecule has 88 valence electrons. The van der Waals surface area contributed by atoms with E-state index >= 15 is 0 Å². The Kier molecular flexibility index (Phi) is 2.82. The van der Waals surface area contributed by atoms with Crippen molar-refractivity contribution in [3.63, 3.8) is 0 Å². The molecule has 2 rings (SSSR count). The van der Waals surface area contributed by atoms with Gasteiger partial charge in [0.15, 0.2) is 0 Å². The summed E-state index contributed by atoms with van der Waals surface area (Å²) in [5.41, 5.74) is 1.24. The Balaban J connectivity index is 2.16. The normalized spacial score (nSPS) is 15.9. The van der Waals surface area contributed by atoms with E-state index in [9.17, 15) is 12.9 Å². The van der Waals surface area contributed by atoms with Crippen LogP contribution in [-0.4, -0.2) is 16.5 Å². The SMILES string of the molecule is C=C(Cn1cnc2c1CCCC2)[B-](F)(F)F. The average Bonchev–Trinajstić information content (AvgIpc) is 2.61. The van der Waals surface area contributed by atoms with Crippen molar-refractivity contribution in [2.24, 2.45) is 0 Å². The first-order chi connectivity index (χ1) is 7.48.